The molecule has 0 radical (unpaired) electrons. The lowest BCUT2D eigenvalue weighted by Gasteiger charge is -2.39. The van der Waals surface area contributed by atoms with Gasteiger partial charge in [0.15, 0.2) is 5.78 Å². The van der Waals surface area contributed by atoms with E-state index in [9.17, 15) is 14.0 Å². The fraction of sp³-hybridized carbons (Fsp3) is 0.579. The molecule has 3 rings (SSSR count). The van der Waals surface area contributed by atoms with E-state index in [1.807, 2.05) is 20.8 Å². The van der Waals surface area contributed by atoms with Crippen molar-refractivity contribution in [2.24, 2.45) is 5.92 Å². The molecule has 0 aromatic heterocycles. The van der Waals surface area contributed by atoms with Crippen LogP contribution in [0.4, 0.5) is 9.18 Å². The summed E-state index contributed by atoms with van der Waals surface area (Å²) in [6.07, 6.45) is 2.57. The summed E-state index contributed by atoms with van der Waals surface area (Å²) in [6.45, 7) is 5.54. The van der Waals surface area contributed by atoms with Crippen LogP contribution in [0.25, 0.3) is 0 Å². The molecule has 4 nitrogen and oxygen atoms in total. The Bertz CT molecular complexity index is 686. The van der Waals surface area contributed by atoms with Crippen LogP contribution in [0.1, 0.15) is 56.8 Å². The van der Waals surface area contributed by atoms with Crippen LogP contribution in [0.2, 0.25) is 0 Å². The van der Waals surface area contributed by atoms with E-state index < -0.39 is 11.4 Å². The predicted octanol–water partition coefficient (Wildman–Crippen LogP) is 4.95. The Morgan fingerprint density at radius 1 is 1.20 bits per heavy atom. The third-order valence-electron chi connectivity index (χ3n) is 4.93. The van der Waals surface area contributed by atoms with Crippen molar-refractivity contribution in [3.8, 4) is 0 Å². The number of Topliss-reactive ketones (excluding diaryl/α,β-unsaturated/α-hetero) is 1. The van der Waals surface area contributed by atoms with Crippen LogP contribution in [0.3, 0.4) is 0 Å². The van der Waals surface area contributed by atoms with Gasteiger partial charge in [0.05, 0.1) is 10.0 Å². The summed E-state index contributed by atoms with van der Waals surface area (Å²) in [5.74, 6) is -0.922. The molecule has 0 aliphatic carbocycles. The highest BCUT2D eigenvalue weighted by Crippen LogP contribution is 2.41. The van der Waals surface area contributed by atoms with Gasteiger partial charge >= 0.3 is 6.09 Å². The van der Waals surface area contributed by atoms with Gasteiger partial charge < -0.3 is 9.64 Å². The van der Waals surface area contributed by atoms with Crippen molar-refractivity contribution in [3.63, 3.8) is 0 Å². The SMILES string of the molecule is CC(C)(C)OC(=O)N1C2CCC1CC(C(=O)c1cccc(Br)c1F)C2. The maximum absolute atomic E-state index is 14.3. The quantitative estimate of drug-likeness (QED) is 0.646. The molecular weight excluding hydrogens is 389 g/mol. The molecule has 2 saturated heterocycles. The number of halogens is 2. The molecule has 1 aromatic carbocycles. The first-order chi connectivity index (χ1) is 11.7. The Morgan fingerprint density at radius 2 is 1.80 bits per heavy atom. The first-order valence-electron chi connectivity index (χ1n) is 8.67. The van der Waals surface area contributed by atoms with Gasteiger partial charge in [0.1, 0.15) is 11.4 Å². The highest BCUT2D eigenvalue weighted by Gasteiger charge is 2.46. The molecule has 6 heteroatoms. The van der Waals surface area contributed by atoms with E-state index in [-0.39, 0.29) is 35.4 Å². The minimum absolute atomic E-state index is 0.00207. The Balaban J connectivity index is 1.74. The Kier molecular flexibility index (Phi) is 4.93. The number of ether oxygens (including phenoxy) is 1. The number of hydrogen-bond acceptors (Lipinski definition) is 3. The van der Waals surface area contributed by atoms with E-state index in [2.05, 4.69) is 15.9 Å². The third kappa shape index (κ3) is 3.73. The normalized spacial score (nSPS) is 25.8. The summed E-state index contributed by atoms with van der Waals surface area (Å²) in [5.41, 5.74) is -0.410. The first-order valence-corrected chi connectivity index (χ1v) is 9.46. The standard InChI is InChI=1S/C19H23BrFNO3/c1-19(2,3)25-18(24)22-12-7-8-13(22)10-11(9-12)17(23)14-5-4-6-15(20)16(14)21/h4-6,11-13H,7-10H2,1-3H3. The van der Waals surface area contributed by atoms with Crippen molar-refractivity contribution in [1.82, 2.24) is 4.90 Å². The number of ketones is 1. The monoisotopic (exact) mass is 411 g/mol. The van der Waals surface area contributed by atoms with E-state index in [1.165, 1.54) is 6.07 Å². The van der Waals surface area contributed by atoms with Crippen LogP contribution < -0.4 is 0 Å². The molecule has 0 N–H and O–H groups in total. The van der Waals surface area contributed by atoms with Crippen molar-refractivity contribution < 1.29 is 18.7 Å². The number of carbonyl (C=O) groups is 2. The zero-order valence-corrected chi connectivity index (χ0v) is 16.3. The van der Waals surface area contributed by atoms with Crippen molar-refractivity contribution in [2.45, 2.75) is 64.1 Å². The zero-order valence-electron chi connectivity index (χ0n) is 14.7. The lowest BCUT2D eigenvalue weighted by Crippen LogP contribution is -2.49. The number of hydrogen-bond donors (Lipinski definition) is 0. The van der Waals surface area contributed by atoms with Crippen LogP contribution in [0.5, 0.6) is 0 Å². The molecular formula is C19H23BrFNO3. The zero-order chi connectivity index (χ0) is 18.4. The largest absolute Gasteiger partial charge is 0.444 e. The minimum atomic E-state index is -0.539. The minimum Gasteiger partial charge on any atom is -0.444 e. The molecule has 0 saturated carbocycles. The van der Waals surface area contributed by atoms with Crippen molar-refractivity contribution in [3.05, 3.63) is 34.1 Å². The summed E-state index contributed by atoms with van der Waals surface area (Å²) in [5, 5.41) is 0. The van der Waals surface area contributed by atoms with Gasteiger partial charge in [-0.2, -0.15) is 0 Å². The second-order valence-corrected chi connectivity index (χ2v) is 8.76. The van der Waals surface area contributed by atoms with E-state index >= 15 is 0 Å². The van der Waals surface area contributed by atoms with Gasteiger partial charge in [-0.15, -0.1) is 0 Å². The van der Waals surface area contributed by atoms with Crippen molar-refractivity contribution in [2.75, 3.05) is 0 Å². The summed E-state index contributed by atoms with van der Waals surface area (Å²) < 4.78 is 20.1. The molecule has 2 heterocycles. The van der Waals surface area contributed by atoms with Crippen LogP contribution >= 0.6 is 15.9 Å². The van der Waals surface area contributed by atoms with Crippen molar-refractivity contribution in [1.29, 1.82) is 0 Å². The van der Waals surface area contributed by atoms with Gasteiger partial charge in [-0.05, 0) is 74.5 Å². The van der Waals surface area contributed by atoms with E-state index in [4.69, 9.17) is 4.74 Å². The summed E-state index contributed by atoms with van der Waals surface area (Å²) >= 11 is 3.13. The average Bonchev–Trinajstić information content (AvgIpc) is 2.78. The van der Waals surface area contributed by atoms with Crippen LogP contribution in [-0.2, 0) is 4.74 Å². The number of amides is 1. The fourth-order valence-corrected chi connectivity index (χ4v) is 4.28. The highest BCUT2D eigenvalue weighted by molar-refractivity contribution is 9.10. The molecule has 0 spiro atoms. The van der Waals surface area contributed by atoms with Crippen LogP contribution in [-0.4, -0.2) is 34.5 Å². The molecule has 2 bridgehead atoms. The van der Waals surface area contributed by atoms with Gasteiger partial charge in [0.2, 0.25) is 0 Å². The maximum Gasteiger partial charge on any atom is 0.410 e. The Labute approximate surface area is 155 Å². The number of benzene rings is 1. The number of carbonyl (C=O) groups excluding carboxylic acids is 2. The average molecular weight is 412 g/mol. The van der Waals surface area contributed by atoms with Crippen LogP contribution in [0.15, 0.2) is 22.7 Å². The summed E-state index contributed by atoms with van der Waals surface area (Å²) in [6, 6.07) is 4.78. The molecule has 2 fully saturated rings. The molecule has 25 heavy (non-hydrogen) atoms. The Hall–Kier alpha value is -1.43. The first kappa shape index (κ1) is 18.4. The van der Waals surface area contributed by atoms with Gasteiger partial charge in [-0.1, -0.05) is 6.07 Å². The lowest BCUT2D eigenvalue weighted by molar-refractivity contribution is 0.00250. The van der Waals surface area contributed by atoms with Gasteiger partial charge in [0.25, 0.3) is 0 Å². The second-order valence-electron chi connectivity index (χ2n) is 7.91. The van der Waals surface area contributed by atoms with E-state index in [1.54, 1.807) is 17.0 Å². The molecule has 136 valence electrons. The smallest absolute Gasteiger partial charge is 0.410 e. The topological polar surface area (TPSA) is 46.6 Å². The van der Waals surface area contributed by atoms with E-state index in [0.29, 0.717) is 17.3 Å². The van der Waals surface area contributed by atoms with E-state index in [0.717, 1.165) is 12.8 Å². The lowest BCUT2D eigenvalue weighted by atomic mass is 9.85. The molecule has 1 amide bonds. The molecule has 2 aliphatic rings. The van der Waals surface area contributed by atoms with Gasteiger partial charge in [-0.3, -0.25) is 4.79 Å². The number of piperidine rings is 1. The summed E-state index contributed by atoms with van der Waals surface area (Å²) in [4.78, 5) is 27.1. The molecule has 1 aromatic rings. The number of nitrogens with zero attached hydrogens (tertiary/aromatic N) is 1. The van der Waals surface area contributed by atoms with Gasteiger partial charge in [0, 0.05) is 18.0 Å². The third-order valence-corrected chi connectivity index (χ3v) is 5.54. The van der Waals surface area contributed by atoms with Gasteiger partial charge in [-0.25, -0.2) is 9.18 Å². The van der Waals surface area contributed by atoms with Crippen molar-refractivity contribution >= 4 is 27.8 Å². The second kappa shape index (κ2) is 6.71. The molecule has 2 aliphatic heterocycles. The predicted molar refractivity (Wildman–Crippen MR) is 96.0 cm³/mol. The van der Waals surface area contributed by atoms with Crippen LogP contribution in [0, 0.1) is 11.7 Å². The summed E-state index contributed by atoms with van der Waals surface area (Å²) in [7, 11) is 0. The molecule has 2 atom stereocenters. The fourth-order valence-electron chi connectivity index (χ4n) is 3.92. The number of fused-ring (bicyclic) bond motifs is 2. The maximum atomic E-state index is 14.3. The molecule has 2 unspecified atom stereocenters. The highest BCUT2D eigenvalue weighted by atomic mass is 79.9. The Morgan fingerprint density at radius 3 is 2.36 bits per heavy atom. The number of rotatable bonds is 2.